The predicted molar refractivity (Wildman–Crippen MR) is 53.2 cm³/mol. The van der Waals surface area contributed by atoms with Crippen LogP contribution in [0, 0.1) is 5.82 Å². The van der Waals surface area contributed by atoms with Crippen molar-refractivity contribution >= 4 is 0 Å². The lowest BCUT2D eigenvalue weighted by atomic mass is 10.0. The van der Waals surface area contributed by atoms with Crippen molar-refractivity contribution in [3.63, 3.8) is 0 Å². The molecule has 0 aliphatic heterocycles. The molecular weight excluding hydrogens is 167 g/mol. The van der Waals surface area contributed by atoms with E-state index in [0.29, 0.717) is 0 Å². The maximum absolute atomic E-state index is 12.4. The van der Waals surface area contributed by atoms with Crippen LogP contribution in [0.4, 0.5) is 4.39 Å². The Morgan fingerprint density at radius 3 is 2.08 bits per heavy atom. The standard InChI is InChI=1S/C9H11FO.C2H6/c1-7(6-11)8-2-4-9(10)5-3-8;1-2/h2-5,7,11H,6H2,1H3;1-2H3. The number of aliphatic hydroxyl groups is 1. The van der Waals surface area contributed by atoms with E-state index in [0.717, 1.165) is 5.56 Å². The molecule has 1 aromatic rings. The Morgan fingerprint density at radius 1 is 1.23 bits per heavy atom. The molecule has 2 heteroatoms. The second-order valence-corrected chi connectivity index (χ2v) is 2.64. The third-order valence-corrected chi connectivity index (χ3v) is 1.71. The van der Waals surface area contributed by atoms with Gasteiger partial charge in [-0.15, -0.1) is 0 Å². The Morgan fingerprint density at radius 2 is 1.69 bits per heavy atom. The molecule has 13 heavy (non-hydrogen) atoms. The smallest absolute Gasteiger partial charge is 0.123 e. The maximum Gasteiger partial charge on any atom is 0.123 e. The van der Waals surface area contributed by atoms with E-state index < -0.39 is 0 Å². The lowest BCUT2D eigenvalue weighted by Gasteiger charge is -2.06. The lowest BCUT2D eigenvalue weighted by molar-refractivity contribution is 0.273. The number of hydrogen-bond donors (Lipinski definition) is 1. The fourth-order valence-corrected chi connectivity index (χ4v) is 0.897. The first-order chi connectivity index (χ1) is 6.24. The Labute approximate surface area is 79.2 Å². The van der Waals surface area contributed by atoms with Crippen LogP contribution in [0.3, 0.4) is 0 Å². The number of rotatable bonds is 2. The van der Waals surface area contributed by atoms with Gasteiger partial charge in [0.25, 0.3) is 0 Å². The molecule has 0 radical (unpaired) electrons. The van der Waals surface area contributed by atoms with Crippen molar-refractivity contribution in [1.82, 2.24) is 0 Å². The molecule has 1 unspecified atom stereocenters. The molecule has 1 aromatic carbocycles. The van der Waals surface area contributed by atoms with E-state index >= 15 is 0 Å². The molecule has 1 nitrogen and oxygen atoms in total. The van der Waals surface area contributed by atoms with Gasteiger partial charge < -0.3 is 5.11 Å². The van der Waals surface area contributed by atoms with Gasteiger partial charge in [-0.1, -0.05) is 32.9 Å². The number of hydrogen-bond acceptors (Lipinski definition) is 1. The maximum atomic E-state index is 12.4. The molecular formula is C11H17FO. The largest absolute Gasteiger partial charge is 0.396 e. The first kappa shape index (κ1) is 12.1. The van der Waals surface area contributed by atoms with Crippen molar-refractivity contribution in [3.8, 4) is 0 Å². The van der Waals surface area contributed by atoms with Crippen LogP contribution in [0.15, 0.2) is 24.3 Å². The highest BCUT2D eigenvalue weighted by Crippen LogP contribution is 2.13. The molecule has 0 aliphatic rings. The minimum absolute atomic E-state index is 0.0931. The van der Waals surface area contributed by atoms with Crippen LogP contribution in [-0.2, 0) is 0 Å². The topological polar surface area (TPSA) is 20.2 Å². The molecule has 1 rings (SSSR count). The van der Waals surface area contributed by atoms with E-state index in [2.05, 4.69) is 0 Å². The quantitative estimate of drug-likeness (QED) is 0.749. The van der Waals surface area contributed by atoms with Gasteiger partial charge in [0.15, 0.2) is 0 Å². The van der Waals surface area contributed by atoms with Crippen LogP contribution in [0.5, 0.6) is 0 Å². The molecule has 0 amide bonds. The van der Waals surface area contributed by atoms with Gasteiger partial charge in [0.1, 0.15) is 5.82 Å². The first-order valence-corrected chi connectivity index (χ1v) is 4.60. The normalized spacial score (nSPS) is 11.5. The Bertz CT molecular complexity index is 218. The highest BCUT2D eigenvalue weighted by atomic mass is 19.1. The highest BCUT2D eigenvalue weighted by Gasteiger charge is 2.02. The number of halogens is 1. The van der Waals surface area contributed by atoms with Gasteiger partial charge >= 0.3 is 0 Å². The van der Waals surface area contributed by atoms with Gasteiger partial charge in [0, 0.05) is 12.5 Å². The summed E-state index contributed by atoms with van der Waals surface area (Å²) in [6, 6.07) is 6.19. The molecule has 1 atom stereocenters. The van der Waals surface area contributed by atoms with Crippen LogP contribution < -0.4 is 0 Å². The van der Waals surface area contributed by atoms with Gasteiger partial charge in [-0.25, -0.2) is 4.39 Å². The zero-order valence-corrected chi connectivity index (χ0v) is 8.42. The summed E-state index contributed by atoms with van der Waals surface area (Å²) in [7, 11) is 0. The van der Waals surface area contributed by atoms with Crippen molar-refractivity contribution in [2.75, 3.05) is 6.61 Å². The summed E-state index contributed by atoms with van der Waals surface area (Å²) in [5.74, 6) is -0.144. The zero-order valence-electron chi connectivity index (χ0n) is 8.42. The summed E-state index contributed by atoms with van der Waals surface area (Å²) in [5.41, 5.74) is 0.967. The Balaban J connectivity index is 0.000000671. The molecule has 0 aliphatic carbocycles. The summed E-state index contributed by atoms with van der Waals surface area (Å²) < 4.78 is 12.4. The molecule has 74 valence electrons. The Hall–Kier alpha value is -0.890. The molecule has 0 aromatic heterocycles. The molecule has 0 heterocycles. The second kappa shape index (κ2) is 6.61. The molecule has 0 saturated heterocycles. The van der Waals surface area contributed by atoms with E-state index in [9.17, 15) is 4.39 Å². The van der Waals surface area contributed by atoms with Gasteiger partial charge in [-0.3, -0.25) is 0 Å². The molecule has 0 spiro atoms. The second-order valence-electron chi connectivity index (χ2n) is 2.64. The van der Waals surface area contributed by atoms with Gasteiger partial charge in [-0.05, 0) is 17.7 Å². The third kappa shape index (κ3) is 4.04. The molecule has 0 bridgehead atoms. The molecule has 0 saturated carbocycles. The average Bonchev–Trinajstić information content (AvgIpc) is 2.21. The van der Waals surface area contributed by atoms with Crippen molar-refractivity contribution in [2.45, 2.75) is 26.7 Å². The summed E-state index contributed by atoms with van der Waals surface area (Å²) in [6.07, 6.45) is 0. The third-order valence-electron chi connectivity index (χ3n) is 1.71. The zero-order chi connectivity index (χ0) is 10.3. The Kier molecular flexibility index (Phi) is 6.15. The van der Waals surface area contributed by atoms with Crippen molar-refractivity contribution in [2.24, 2.45) is 0 Å². The van der Waals surface area contributed by atoms with Crippen LogP contribution >= 0.6 is 0 Å². The number of benzene rings is 1. The lowest BCUT2D eigenvalue weighted by Crippen LogP contribution is -1.98. The number of aliphatic hydroxyl groups excluding tert-OH is 1. The molecule has 1 N–H and O–H groups in total. The highest BCUT2D eigenvalue weighted by molar-refractivity contribution is 5.19. The summed E-state index contributed by atoms with van der Waals surface area (Å²) in [5, 5.41) is 8.76. The van der Waals surface area contributed by atoms with E-state index in [1.54, 1.807) is 12.1 Å². The first-order valence-electron chi connectivity index (χ1n) is 4.60. The minimum atomic E-state index is -0.237. The van der Waals surface area contributed by atoms with E-state index in [-0.39, 0.29) is 18.3 Å². The van der Waals surface area contributed by atoms with Gasteiger partial charge in [-0.2, -0.15) is 0 Å². The average molecular weight is 184 g/mol. The predicted octanol–water partition coefficient (Wildman–Crippen LogP) is 2.95. The summed E-state index contributed by atoms with van der Waals surface area (Å²) in [6.45, 7) is 6.00. The van der Waals surface area contributed by atoms with Gasteiger partial charge in [0.2, 0.25) is 0 Å². The van der Waals surface area contributed by atoms with Crippen LogP contribution in [0.25, 0.3) is 0 Å². The fourth-order valence-electron chi connectivity index (χ4n) is 0.897. The van der Waals surface area contributed by atoms with Gasteiger partial charge in [0.05, 0.1) is 0 Å². The SMILES string of the molecule is CC.CC(CO)c1ccc(F)cc1. The van der Waals surface area contributed by atoms with Crippen LogP contribution in [0.2, 0.25) is 0 Å². The van der Waals surface area contributed by atoms with E-state index in [1.165, 1.54) is 12.1 Å². The fraction of sp³-hybridized carbons (Fsp3) is 0.455. The van der Waals surface area contributed by atoms with Crippen molar-refractivity contribution < 1.29 is 9.50 Å². The summed E-state index contributed by atoms with van der Waals surface area (Å²) >= 11 is 0. The van der Waals surface area contributed by atoms with Crippen molar-refractivity contribution in [1.29, 1.82) is 0 Å². The van der Waals surface area contributed by atoms with E-state index in [1.807, 2.05) is 20.8 Å². The van der Waals surface area contributed by atoms with Crippen molar-refractivity contribution in [3.05, 3.63) is 35.6 Å². The van der Waals surface area contributed by atoms with Crippen LogP contribution in [0.1, 0.15) is 32.3 Å². The summed E-state index contributed by atoms with van der Waals surface area (Å²) in [4.78, 5) is 0. The van der Waals surface area contributed by atoms with E-state index in [4.69, 9.17) is 5.11 Å². The molecule has 0 fully saturated rings. The monoisotopic (exact) mass is 184 g/mol. The minimum Gasteiger partial charge on any atom is -0.396 e. The van der Waals surface area contributed by atoms with Crippen LogP contribution in [-0.4, -0.2) is 11.7 Å².